The lowest BCUT2D eigenvalue weighted by atomic mass is 10.1. The minimum atomic E-state index is -0.339. The molecule has 2 aromatic carbocycles. The van der Waals surface area contributed by atoms with E-state index < -0.39 is 0 Å². The Morgan fingerprint density at radius 3 is 2.70 bits per heavy atom. The van der Waals surface area contributed by atoms with Crippen LogP contribution < -0.4 is 5.32 Å². The van der Waals surface area contributed by atoms with Crippen molar-refractivity contribution >= 4 is 17.5 Å². The first kappa shape index (κ1) is 17.6. The number of amides is 1. The first-order chi connectivity index (χ1) is 13.1. The van der Waals surface area contributed by atoms with Crippen molar-refractivity contribution in [2.75, 3.05) is 0 Å². The van der Waals surface area contributed by atoms with Crippen LogP contribution in [0.2, 0.25) is 5.02 Å². The highest BCUT2D eigenvalue weighted by Gasteiger charge is 2.27. The first-order valence-electron chi connectivity index (χ1n) is 8.42. The van der Waals surface area contributed by atoms with E-state index in [2.05, 4.69) is 15.6 Å². The molecular formula is C19H16ClFN4O2. The Kier molecular flexibility index (Phi) is 4.87. The van der Waals surface area contributed by atoms with Crippen molar-refractivity contribution in [3.05, 3.63) is 81.9 Å². The molecule has 0 bridgehead atoms. The summed E-state index contributed by atoms with van der Waals surface area (Å²) in [6, 6.07) is 13.4. The van der Waals surface area contributed by atoms with Gasteiger partial charge in [-0.25, -0.2) is 9.07 Å². The number of benzene rings is 2. The van der Waals surface area contributed by atoms with E-state index in [4.69, 9.17) is 16.3 Å². The predicted molar refractivity (Wildman–Crippen MR) is 96.6 cm³/mol. The zero-order chi connectivity index (χ0) is 18.8. The summed E-state index contributed by atoms with van der Waals surface area (Å²) in [6.07, 6.45) is -0.174. The summed E-state index contributed by atoms with van der Waals surface area (Å²) < 4.78 is 20.5. The summed E-state index contributed by atoms with van der Waals surface area (Å²) >= 11 is 5.92. The third-order valence-corrected chi connectivity index (χ3v) is 4.67. The smallest absolute Gasteiger partial charge is 0.274 e. The zero-order valence-electron chi connectivity index (χ0n) is 14.2. The van der Waals surface area contributed by atoms with Crippen molar-refractivity contribution in [3.63, 3.8) is 0 Å². The van der Waals surface area contributed by atoms with E-state index in [1.54, 1.807) is 16.8 Å². The fourth-order valence-electron chi connectivity index (χ4n) is 2.94. The topological polar surface area (TPSA) is 69.0 Å². The molecule has 1 aromatic heterocycles. The SMILES string of the molecule is O=C(NCc1ccc(F)cc1)c1nnn2c1CO[C@@H](c1ccc(Cl)cc1)C2. The molecule has 8 heteroatoms. The van der Waals surface area contributed by atoms with Gasteiger partial charge in [-0.15, -0.1) is 5.10 Å². The molecule has 0 saturated heterocycles. The molecule has 1 aliphatic rings. The number of rotatable bonds is 4. The number of carbonyl (C=O) groups is 1. The Labute approximate surface area is 159 Å². The number of fused-ring (bicyclic) bond motifs is 1. The van der Waals surface area contributed by atoms with Gasteiger partial charge < -0.3 is 10.1 Å². The largest absolute Gasteiger partial charge is 0.365 e. The van der Waals surface area contributed by atoms with E-state index in [1.165, 1.54) is 12.1 Å². The summed E-state index contributed by atoms with van der Waals surface area (Å²) in [5, 5.41) is 11.5. The van der Waals surface area contributed by atoms with E-state index in [9.17, 15) is 9.18 Å². The Bertz CT molecular complexity index is 957. The van der Waals surface area contributed by atoms with E-state index in [0.717, 1.165) is 11.1 Å². The summed E-state index contributed by atoms with van der Waals surface area (Å²) in [4.78, 5) is 12.4. The second-order valence-electron chi connectivity index (χ2n) is 6.23. The third-order valence-electron chi connectivity index (χ3n) is 4.42. The monoisotopic (exact) mass is 386 g/mol. The number of hydrogen-bond acceptors (Lipinski definition) is 4. The van der Waals surface area contributed by atoms with Crippen LogP contribution in [0.4, 0.5) is 4.39 Å². The maximum absolute atomic E-state index is 12.9. The molecule has 1 aliphatic heterocycles. The van der Waals surface area contributed by atoms with Crippen LogP contribution in [-0.2, 0) is 24.4 Å². The molecule has 0 aliphatic carbocycles. The lowest BCUT2D eigenvalue weighted by molar-refractivity contribution is -0.00177. The number of carbonyl (C=O) groups excluding carboxylic acids is 1. The van der Waals surface area contributed by atoms with Crippen LogP contribution in [0.25, 0.3) is 0 Å². The average Bonchev–Trinajstić information content (AvgIpc) is 3.11. The first-order valence-corrected chi connectivity index (χ1v) is 8.80. The van der Waals surface area contributed by atoms with Crippen molar-refractivity contribution in [1.29, 1.82) is 0 Å². The van der Waals surface area contributed by atoms with Gasteiger partial charge in [0.1, 0.15) is 11.9 Å². The summed E-state index contributed by atoms with van der Waals surface area (Å²) in [6.45, 7) is 0.981. The van der Waals surface area contributed by atoms with Crippen LogP contribution in [0.5, 0.6) is 0 Å². The third kappa shape index (κ3) is 3.84. The molecule has 0 radical (unpaired) electrons. The Hall–Kier alpha value is -2.77. The van der Waals surface area contributed by atoms with Crippen LogP contribution in [0.1, 0.15) is 33.4 Å². The van der Waals surface area contributed by atoms with Gasteiger partial charge in [-0.3, -0.25) is 4.79 Å². The Morgan fingerprint density at radius 2 is 1.96 bits per heavy atom. The second-order valence-corrected chi connectivity index (χ2v) is 6.66. The predicted octanol–water partition coefficient (Wildman–Crippen LogP) is 3.27. The van der Waals surface area contributed by atoms with Gasteiger partial charge in [-0.05, 0) is 35.4 Å². The van der Waals surface area contributed by atoms with Crippen molar-refractivity contribution in [3.8, 4) is 0 Å². The van der Waals surface area contributed by atoms with E-state index >= 15 is 0 Å². The van der Waals surface area contributed by atoms with Crippen LogP contribution in [0.3, 0.4) is 0 Å². The number of nitrogens with zero attached hydrogens (tertiary/aromatic N) is 3. The number of hydrogen-bond donors (Lipinski definition) is 1. The maximum Gasteiger partial charge on any atom is 0.274 e. The molecule has 3 aromatic rings. The fraction of sp³-hybridized carbons (Fsp3) is 0.211. The van der Waals surface area contributed by atoms with Crippen molar-refractivity contribution in [2.24, 2.45) is 0 Å². The Balaban J connectivity index is 1.43. The molecule has 0 spiro atoms. The zero-order valence-corrected chi connectivity index (χ0v) is 15.0. The lowest BCUT2D eigenvalue weighted by Crippen LogP contribution is -2.27. The van der Waals surface area contributed by atoms with Gasteiger partial charge in [-0.2, -0.15) is 0 Å². The molecule has 138 valence electrons. The van der Waals surface area contributed by atoms with Gasteiger partial charge in [0, 0.05) is 11.6 Å². The molecule has 1 N–H and O–H groups in total. The lowest BCUT2D eigenvalue weighted by Gasteiger charge is -2.24. The van der Waals surface area contributed by atoms with Gasteiger partial charge >= 0.3 is 0 Å². The van der Waals surface area contributed by atoms with Crippen molar-refractivity contribution < 1.29 is 13.9 Å². The molecule has 0 unspecified atom stereocenters. The second kappa shape index (κ2) is 7.46. The summed E-state index contributed by atoms with van der Waals surface area (Å²) in [5.41, 5.74) is 2.66. The Morgan fingerprint density at radius 1 is 1.22 bits per heavy atom. The molecule has 6 nitrogen and oxygen atoms in total. The summed E-state index contributed by atoms with van der Waals surface area (Å²) in [5.74, 6) is -0.654. The van der Waals surface area contributed by atoms with E-state index in [0.29, 0.717) is 17.3 Å². The average molecular weight is 387 g/mol. The molecule has 2 heterocycles. The normalized spacial score (nSPS) is 16.0. The standard InChI is InChI=1S/C19H16ClFN4O2/c20-14-5-3-13(4-6-14)17-10-25-16(11-27-17)18(23-24-25)19(26)22-9-12-1-7-15(21)8-2-12/h1-8,17H,9-11H2,(H,22,26)/t17-/m1/s1. The van der Waals surface area contributed by atoms with Crippen molar-refractivity contribution in [1.82, 2.24) is 20.3 Å². The fourth-order valence-corrected chi connectivity index (χ4v) is 3.06. The van der Waals surface area contributed by atoms with Gasteiger partial charge in [-0.1, -0.05) is 41.1 Å². The van der Waals surface area contributed by atoms with Crippen LogP contribution >= 0.6 is 11.6 Å². The highest BCUT2D eigenvalue weighted by Crippen LogP contribution is 2.27. The van der Waals surface area contributed by atoms with Crippen LogP contribution in [0, 0.1) is 5.82 Å². The molecule has 1 amide bonds. The molecular weight excluding hydrogens is 371 g/mol. The summed E-state index contributed by atoms with van der Waals surface area (Å²) in [7, 11) is 0. The van der Waals surface area contributed by atoms with Gasteiger partial charge in [0.25, 0.3) is 5.91 Å². The van der Waals surface area contributed by atoms with Gasteiger partial charge in [0.2, 0.25) is 0 Å². The molecule has 0 fully saturated rings. The van der Waals surface area contributed by atoms with Gasteiger partial charge in [0.05, 0.1) is 18.8 Å². The minimum absolute atomic E-state index is 0.174. The quantitative estimate of drug-likeness (QED) is 0.747. The number of nitrogens with one attached hydrogen (secondary N) is 1. The maximum atomic E-state index is 12.9. The molecule has 0 saturated carbocycles. The van der Waals surface area contributed by atoms with Crippen LogP contribution in [-0.4, -0.2) is 20.9 Å². The highest BCUT2D eigenvalue weighted by molar-refractivity contribution is 6.30. The highest BCUT2D eigenvalue weighted by atomic mass is 35.5. The number of ether oxygens (including phenoxy) is 1. The van der Waals surface area contributed by atoms with Crippen molar-refractivity contribution in [2.45, 2.75) is 25.8 Å². The molecule has 27 heavy (non-hydrogen) atoms. The van der Waals surface area contributed by atoms with Crippen LogP contribution in [0.15, 0.2) is 48.5 Å². The van der Waals surface area contributed by atoms with E-state index in [1.807, 2.05) is 24.3 Å². The van der Waals surface area contributed by atoms with E-state index in [-0.39, 0.29) is 36.7 Å². The molecule has 4 rings (SSSR count). The minimum Gasteiger partial charge on any atom is -0.365 e. The number of halogens is 2. The van der Waals surface area contributed by atoms with Gasteiger partial charge in [0.15, 0.2) is 5.69 Å². The molecule has 1 atom stereocenters. The number of aromatic nitrogens is 3.